The van der Waals surface area contributed by atoms with Gasteiger partial charge in [-0.3, -0.25) is 10.1 Å². The van der Waals surface area contributed by atoms with E-state index in [1.165, 1.54) is 7.11 Å². The lowest BCUT2D eigenvalue weighted by Gasteiger charge is -2.06. The molecular weight excluding hydrogens is 206 g/mol. The first kappa shape index (κ1) is 11.1. The van der Waals surface area contributed by atoms with Gasteiger partial charge in [-0.2, -0.15) is 0 Å². The monoisotopic (exact) mass is 215 g/mol. The third kappa shape index (κ3) is 1.91. The Morgan fingerprint density at radius 3 is 2.47 bits per heavy atom. The Morgan fingerprint density at radius 1 is 1.40 bits per heavy atom. The SMILES string of the molecule is COCc1cc(O)c(O)c(O)c1[N+](=O)[O-]. The smallest absolute Gasteiger partial charge is 0.320 e. The van der Waals surface area contributed by atoms with Gasteiger partial charge in [0.15, 0.2) is 5.75 Å². The summed E-state index contributed by atoms with van der Waals surface area (Å²) in [6.07, 6.45) is 0. The Bertz CT molecular complexity index is 403. The fraction of sp³-hybridized carbons (Fsp3) is 0.250. The molecule has 82 valence electrons. The van der Waals surface area contributed by atoms with Crippen LogP contribution in [0.2, 0.25) is 0 Å². The van der Waals surface area contributed by atoms with E-state index in [2.05, 4.69) is 4.74 Å². The highest BCUT2D eigenvalue weighted by atomic mass is 16.6. The molecule has 0 bridgehead atoms. The van der Waals surface area contributed by atoms with Crippen molar-refractivity contribution in [3.63, 3.8) is 0 Å². The van der Waals surface area contributed by atoms with Crippen LogP contribution in [0.3, 0.4) is 0 Å². The molecule has 7 heteroatoms. The maximum atomic E-state index is 10.6. The van der Waals surface area contributed by atoms with Crippen molar-refractivity contribution in [3.05, 3.63) is 21.7 Å². The minimum Gasteiger partial charge on any atom is -0.504 e. The molecule has 3 N–H and O–H groups in total. The minimum absolute atomic E-state index is 0.0182. The van der Waals surface area contributed by atoms with Crippen LogP contribution in [-0.4, -0.2) is 27.4 Å². The highest BCUT2D eigenvalue weighted by Gasteiger charge is 2.25. The lowest BCUT2D eigenvalue weighted by Crippen LogP contribution is -1.97. The number of nitrogens with zero attached hydrogens (tertiary/aromatic N) is 1. The van der Waals surface area contributed by atoms with Crippen molar-refractivity contribution in [2.45, 2.75) is 6.61 Å². The molecule has 0 saturated heterocycles. The second-order valence-electron chi connectivity index (χ2n) is 2.79. The molecule has 7 nitrogen and oxygen atoms in total. The first-order valence-electron chi connectivity index (χ1n) is 3.89. The molecule has 1 aromatic rings. The molecule has 0 fully saturated rings. The number of benzene rings is 1. The molecule has 0 aliphatic heterocycles. The van der Waals surface area contributed by atoms with Crippen LogP contribution in [0.5, 0.6) is 17.2 Å². The first-order valence-corrected chi connectivity index (χ1v) is 3.89. The van der Waals surface area contributed by atoms with E-state index >= 15 is 0 Å². The summed E-state index contributed by atoms with van der Waals surface area (Å²) in [7, 11) is 1.31. The van der Waals surface area contributed by atoms with Crippen LogP contribution in [0.25, 0.3) is 0 Å². The van der Waals surface area contributed by atoms with E-state index in [4.69, 9.17) is 10.2 Å². The predicted octanol–water partition coefficient (Wildman–Crippen LogP) is 0.858. The van der Waals surface area contributed by atoms with Crippen LogP contribution >= 0.6 is 0 Å². The molecule has 0 radical (unpaired) electrons. The largest absolute Gasteiger partial charge is 0.504 e. The molecule has 0 saturated carbocycles. The third-order valence-corrected chi connectivity index (χ3v) is 1.79. The van der Waals surface area contributed by atoms with E-state index in [0.29, 0.717) is 0 Å². The average molecular weight is 215 g/mol. The zero-order valence-electron chi connectivity index (χ0n) is 7.80. The molecule has 0 amide bonds. The van der Waals surface area contributed by atoms with Gasteiger partial charge < -0.3 is 20.1 Å². The second-order valence-corrected chi connectivity index (χ2v) is 2.79. The zero-order chi connectivity index (χ0) is 11.6. The van der Waals surface area contributed by atoms with Gasteiger partial charge in [-0.05, 0) is 6.07 Å². The molecule has 0 atom stereocenters. The van der Waals surface area contributed by atoms with Crippen molar-refractivity contribution in [1.82, 2.24) is 0 Å². The number of methoxy groups -OCH3 is 1. The van der Waals surface area contributed by atoms with Gasteiger partial charge in [-0.1, -0.05) is 0 Å². The van der Waals surface area contributed by atoms with Crippen LogP contribution in [0, 0.1) is 10.1 Å². The van der Waals surface area contributed by atoms with Gasteiger partial charge in [0.25, 0.3) is 0 Å². The Balaban J connectivity index is 3.43. The summed E-state index contributed by atoms with van der Waals surface area (Å²) in [4.78, 5) is 9.72. The summed E-state index contributed by atoms with van der Waals surface area (Å²) in [6.45, 7) is -0.155. The molecule has 0 heterocycles. The van der Waals surface area contributed by atoms with E-state index in [0.717, 1.165) is 6.07 Å². The van der Waals surface area contributed by atoms with Gasteiger partial charge >= 0.3 is 5.69 Å². The Labute approximate surface area is 84.3 Å². The average Bonchev–Trinajstić information content (AvgIpc) is 2.14. The summed E-state index contributed by atoms with van der Waals surface area (Å²) in [5.41, 5.74) is -0.692. The molecule has 0 unspecified atom stereocenters. The van der Waals surface area contributed by atoms with Gasteiger partial charge in [0.1, 0.15) is 0 Å². The van der Waals surface area contributed by atoms with Gasteiger partial charge in [0.2, 0.25) is 11.5 Å². The third-order valence-electron chi connectivity index (χ3n) is 1.79. The molecule has 1 rings (SSSR count). The van der Waals surface area contributed by atoms with Crippen molar-refractivity contribution in [2.75, 3.05) is 7.11 Å². The normalized spacial score (nSPS) is 10.2. The van der Waals surface area contributed by atoms with E-state index in [1.54, 1.807) is 0 Å². The van der Waals surface area contributed by atoms with Crippen molar-refractivity contribution in [2.24, 2.45) is 0 Å². The molecule has 0 aliphatic rings. The van der Waals surface area contributed by atoms with Gasteiger partial charge in [0.05, 0.1) is 17.1 Å². The summed E-state index contributed by atoms with van der Waals surface area (Å²) in [5.74, 6) is -2.52. The summed E-state index contributed by atoms with van der Waals surface area (Å²) in [5, 5.41) is 38.0. The standard InChI is InChI=1S/C8H9NO6/c1-15-3-4-2-5(10)7(11)8(12)6(4)9(13)14/h2,10-12H,3H2,1H3. The zero-order valence-corrected chi connectivity index (χ0v) is 7.80. The van der Waals surface area contributed by atoms with Gasteiger partial charge in [-0.15, -0.1) is 0 Å². The van der Waals surface area contributed by atoms with E-state index in [1.807, 2.05) is 0 Å². The Morgan fingerprint density at radius 2 is 2.00 bits per heavy atom. The predicted molar refractivity (Wildman–Crippen MR) is 48.8 cm³/mol. The van der Waals surface area contributed by atoms with Gasteiger partial charge in [0, 0.05) is 7.11 Å². The second kappa shape index (κ2) is 4.01. The lowest BCUT2D eigenvalue weighted by molar-refractivity contribution is -0.387. The molecule has 0 spiro atoms. The number of ether oxygens (including phenoxy) is 1. The number of phenolic OH excluding ortho intramolecular Hbond substituents is 3. The minimum atomic E-state index is -0.966. The van der Waals surface area contributed by atoms with Crippen molar-refractivity contribution >= 4 is 5.69 Å². The van der Waals surface area contributed by atoms with Crippen LogP contribution in [0.15, 0.2) is 6.07 Å². The topological polar surface area (TPSA) is 113 Å². The summed E-state index contributed by atoms with van der Waals surface area (Å²) < 4.78 is 4.66. The fourth-order valence-electron chi connectivity index (χ4n) is 1.16. The molecule has 0 aliphatic carbocycles. The maximum Gasteiger partial charge on any atom is 0.320 e. The van der Waals surface area contributed by atoms with Crippen molar-refractivity contribution in [1.29, 1.82) is 0 Å². The Hall–Kier alpha value is -2.02. The van der Waals surface area contributed by atoms with Crippen molar-refractivity contribution < 1.29 is 25.0 Å². The van der Waals surface area contributed by atoms with E-state index in [-0.39, 0.29) is 12.2 Å². The fourth-order valence-corrected chi connectivity index (χ4v) is 1.16. The van der Waals surface area contributed by atoms with Crippen LogP contribution in [-0.2, 0) is 11.3 Å². The number of nitro groups is 1. The quantitative estimate of drug-likeness (QED) is 0.391. The number of aromatic hydroxyl groups is 3. The van der Waals surface area contributed by atoms with Gasteiger partial charge in [-0.25, -0.2) is 0 Å². The van der Waals surface area contributed by atoms with Crippen molar-refractivity contribution in [3.8, 4) is 17.2 Å². The van der Waals surface area contributed by atoms with Crippen LogP contribution in [0.1, 0.15) is 5.56 Å². The Kier molecular flexibility index (Phi) is 2.96. The number of hydrogen-bond acceptors (Lipinski definition) is 6. The van der Waals surface area contributed by atoms with Crippen LogP contribution < -0.4 is 0 Å². The number of rotatable bonds is 3. The van der Waals surface area contributed by atoms with E-state index < -0.39 is 27.9 Å². The molecule has 0 aromatic heterocycles. The summed E-state index contributed by atoms with van der Waals surface area (Å²) in [6, 6.07) is 0.969. The molecule has 1 aromatic carbocycles. The number of phenols is 3. The first-order chi connectivity index (χ1) is 6.99. The van der Waals surface area contributed by atoms with Crippen LogP contribution in [0.4, 0.5) is 5.69 Å². The maximum absolute atomic E-state index is 10.6. The number of hydrogen-bond donors (Lipinski definition) is 3. The highest BCUT2D eigenvalue weighted by molar-refractivity contribution is 5.64. The molecular formula is C8H9NO6. The summed E-state index contributed by atoms with van der Waals surface area (Å²) >= 11 is 0. The van der Waals surface area contributed by atoms with E-state index in [9.17, 15) is 15.2 Å². The lowest BCUT2D eigenvalue weighted by atomic mass is 10.1. The highest BCUT2D eigenvalue weighted by Crippen LogP contribution is 2.44. The molecule has 15 heavy (non-hydrogen) atoms. The number of nitro benzene ring substituents is 1.